The van der Waals surface area contributed by atoms with E-state index in [2.05, 4.69) is 15.6 Å². The van der Waals surface area contributed by atoms with Gasteiger partial charge in [-0.15, -0.1) is 0 Å². The number of aromatic nitrogens is 1. The molecule has 15 heteroatoms. The number of hydrogen-bond donors (Lipinski definition) is 7. The van der Waals surface area contributed by atoms with Gasteiger partial charge in [0.15, 0.2) is 5.60 Å². The fourth-order valence-electron chi connectivity index (χ4n) is 2.76. The predicted octanol–water partition coefficient (Wildman–Crippen LogP) is 1.28. The Hall–Kier alpha value is -4.24. The van der Waals surface area contributed by atoms with Crippen molar-refractivity contribution in [3.05, 3.63) is 48.3 Å². The van der Waals surface area contributed by atoms with Crippen molar-refractivity contribution in [2.24, 2.45) is 0 Å². The maximum atomic E-state index is 12.5. The molecule has 0 aliphatic rings. The number of sulfonamides is 1. The minimum atomic E-state index is -4.05. The van der Waals surface area contributed by atoms with Gasteiger partial charge in [0.2, 0.25) is 0 Å². The van der Waals surface area contributed by atoms with Crippen LogP contribution in [-0.2, 0) is 24.4 Å². The number of aryl methyl sites for hydroxylation is 1. The second-order valence-corrected chi connectivity index (χ2v) is 9.73. The first kappa shape index (κ1) is 30.8. The lowest BCUT2D eigenvalue weighted by atomic mass is 9.96. The van der Waals surface area contributed by atoms with Crippen LogP contribution in [0.25, 0.3) is 0 Å². The van der Waals surface area contributed by atoms with Crippen LogP contribution < -0.4 is 15.4 Å². The van der Waals surface area contributed by atoms with Crippen molar-refractivity contribution in [3.8, 4) is 0 Å². The number of hydrogen-bond acceptors (Lipinski definition) is 9. The summed E-state index contributed by atoms with van der Waals surface area (Å²) in [6.07, 6.45) is 0.387. The summed E-state index contributed by atoms with van der Waals surface area (Å²) in [5.41, 5.74) is -0.630. The predicted molar refractivity (Wildman–Crippen MR) is 130 cm³/mol. The van der Waals surface area contributed by atoms with Crippen LogP contribution >= 0.6 is 0 Å². The van der Waals surface area contributed by atoms with E-state index in [0.717, 1.165) is 11.3 Å². The molecule has 0 bridgehead atoms. The highest BCUT2D eigenvalue weighted by Gasteiger charge is 2.40. The van der Waals surface area contributed by atoms with E-state index in [-0.39, 0.29) is 10.9 Å². The number of carboxylic acids is 3. The molecule has 1 heterocycles. The van der Waals surface area contributed by atoms with Crippen LogP contribution in [0.5, 0.6) is 0 Å². The van der Waals surface area contributed by atoms with Crippen molar-refractivity contribution in [1.82, 2.24) is 15.0 Å². The largest absolute Gasteiger partial charge is 0.481 e. The summed E-state index contributed by atoms with van der Waals surface area (Å²) >= 11 is 0. The number of nitrogens with zero attached hydrogens (tertiary/aromatic N) is 1. The van der Waals surface area contributed by atoms with Crippen LogP contribution in [0, 0.1) is 6.92 Å². The van der Waals surface area contributed by atoms with Crippen molar-refractivity contribution in [2.45, 2.75) is 50.2 Å². The summed E-state index contributed by atoms with van der Waals surface area (Å²) in [5.74, 6) is -5.02. The Kier molecular flexibility index (Phi) is 11.0. The van der Waals surface area contributed by atoms with E-state index in [1.54, 1.807) is 13.8 Å². The maximum absolute atomic E-state index is 12.5. The Morgan fingerprint density at radius 3 is 2.11 bits per heavy atom. The standard InChI is InChI=1S/C16H20N4O3S.C6H8O7/c1-11(2)18-16(21)20-24(22,23)15-10-17-8-7-14(15)19-13-6-4-5-12(3)9-13;7-3(8)1-6(13,5(11)12)2-4(9)10/h4-11H,1-3H3,(H,17,19)(H2,18,20,21);13H,1-2H2,(H,7,8)(H,9,10)(H,11,12). The molecule has 0 saturated heterocycles. The average molecular weight is 541 g/mol. The molecule has 0 saturated carbocycles. The van der Waals surface area contributed by atoms with Crippen LogP contribution in [0.4, 0.5) is 16.2 Å². The number of aliphatic hydroxyl groups is 1. The topological polar surface area (TPSA) is 232 Å². The Labute approximate surface area is 212 Å². The van der Waals surface area contributed by atoms with Gasteiger partial charge in [-0.25, -0.2) is 22.7 Å². The third-order valence-electron chi connectivity index (χ3n) is 4.30. The van der Waals surface area contributed by atoms with Crippen LogP contribution in [0.1, 0.15) is 32.3 Å². The van der Waals surface area contributed by atoms with Crippen molar-refractivity contribution in [2.75, 3.05) is 5.32 Å². The summed E-state index contributed by atoms with van der Waals surface area (Å²) < 4.78 is 26.9. The van der Waals surface area contributed by atoms with Gasteiger partial charge in [0.1, 0.15) is 4.90 Å². The summed E-state index contributed by atoms with van der Waals surface area (Å²) in [7, 11) is -4.05. The highest BCUT2D eigenvalue weighted by molar-refractivity contribution is 7.90. The molecule has 202 valence electrons. The van der Waals surface area contributed by atoms with E-state index < -0.39 is 52.4 Å². The van der Waals surface area contributed by atoms with Crippen molar-refractivity contribution in [1.29, 1.82) is 0 Å². The smallest absolute Gasteiger partial charge is 0.336 e. The third-order valence-corrected chi connectivity index (χ3v) is 5.66. The lowest BCUT2D eigenvalue weighted by Gasteiger charge is -2.18. The molecule has 0 atom stereocenters. The summed E-state index contributed by atoms with van der Waals surface area (Å²) in [4.78, 5) is 45.9. The number of rotatable bonds is 10. The lowest BCUT2D eigenvalue weighted by molar-refractivity contribution is -0.170. The van der Waals surface area contributed by atoms with E-state index >= 15 is 0 Å². The first-order valence-corrected chi connectivity index (χ1v) is 12.0. The fraction of sp³-hybridized carbons (Fsp3) is 0.318. The van der Waals surface area contributed by atoms with Crippen LogP contribution in [-0.4, -0.2) is 69.4 Å². The van der Waals surface area contributed by atoms with Gasteiger partial charge in [-0.05, 0) is 44.5 Å². The average Bonchev–Trinajstić information content (AvgIpc) is 2.72. The molecule has 0 aliphatic heterocycles. The molecular formula is C22H28N4O10S. The normalized spacial score (nSPS) is 11.1. The molecule has 0 spiro atoms. The molecule has 2 amide bonds. The third kappa shape index (κ3) is 10.5. The molecule has 14 nitrogen and oxygen atoms in total. The molecule has 2 rings (SSSR count). The number of urea groups is 1. The van der Waals surface area contributed by atoms with Crippen molar-refractivity contribution >= 4 is 45.3 Å². The monoisotopic (exact) mass is 540 g/mol. The number of carbonyl (C=O) groups excluding carboxylic acids is 1. The Bertz CT molecular complexity index is 1230. The van der Waals surface area contributed by atoms with E-state index in [4.69, 9.17) is 20.4 Å². The number of carbonyl (C=O) groups is 4. The number of amides is 2. The van der Waals surface area contributed by atoms with Gasteiger partial charge in [-0.1, -0.05) is 12.1 Å². The van der Waals surface area contributed by atoms with Crippen LogP contribution in [0.15, 0.2) is 47.6 Å². The maximum Gasteiger partial charge on any atom is 0.336 e. The molecule has 1 aromatic heterocycles. The minimum Gasteiger partial charge on any atom is -0.481 e. The van der Waals surface area contributed by atoms with E-state index in [9.17, 15) is 27.6 Å². The molecule has 1 aromatic carbocycles. The van der Waals surface area contributed by atoms with Crippen LogP contribution in [0.3, 0.4) is 0 Å². The minimum absolute atomic E-state index is 0.106. The first-order valence-electron chi connectivity index (χ1n) is 10.6. The molecule has 0 aliphatic carbocycles. The lowest BCUT2D eigenvalue weighted by Crippen LogP contribution is -2.42. The summed E-state index contributed by atoms with van der Waals surface area (Å²) in [6, 6.07) is 8.08. The van der Waals surface area contributed by atoms with Gasteiger partial charge in [0.05, 0.1) is 18.5 Å². The SMILES string of the molecule is Cc1cccc(Nc2ccncc2S(=O)(=O)NC(=O)NC(C)C)c1.O=C(O)CC(O)(CC(=O)O)C(=O)O. The van der Waals surface area contributed by atoms with Gasteiger partial charge in [0, 0.05) is 24.1 Å². The zero-order chi connectivity index (χ0) is 28.4. The number of nitrogens with one attached hydrogen (secondary N) is 3. The molecule has 37 heavy (non-hydrogen) atoms. The quantitative estimate of drug-likeness (QED) is 0.226. The number of benzene rings is 1. The Balaban J connectivity index is 0.000000448. The number of pyridine rings is 1. The number of carboxylic acid groups (broad SMARTS) is 3. The zero-order valence-electron chi connectivity index (χ0n) is 20.1. The zero-order valence-corrected chi connectivity index (χ0v) is 20.9. The van der Waals surface area contributed by atoms with Crippen LogP contribution in [0.2, 0.25) is 0 Å². The van der Waals surface area contributed by atoms with Gasteiger partial charge in [-0.2, -0.15) is 0 Å². The Morgan fingerprint density at radius 2 is 1.62 bits per heavy atom. The van der Waals surface area contributed by atoms with E-state index in [0.29, 0.717) is 5.69 Å². The molecule has 7 N–H and O–H groups in total. The van der Waals surface area contributed by atoms with Gasteiger partial charge in [0.25, 0.3) is 10.0 Å². The van der Waals surface area contributed by atoms with Gasteiger partial charge >= 0.3 is 23.9 Å². The van der Waals surface area contributed by atoms with Gasteiger partial charge < -0.3 is 31.1 Å². The first-order chi connectivity index (χ1) is 17.1. The molecule has 0 fully saturated rings. The van der Waals surface area contributed by atoms with Crippen molar-refractivity contribution < 1.29 is 48.0 Å². The van der Waals surface area contributed by atoms with Gasteiger partial charge in [-0.3, -0.25) is 14.6 Å². The van der Waals surface area contributed by atoms with E-state index in [1.807, 2.05) is 35.9 Å². The molecular weight excluding hydrogens is 512 g/mol. The highest BCUT2D eigenvalue weighted by atomic mass is 32.2. The molecule has 2 aromatic rings. The second-order valence-electron chi connectivity index (χ2n) is 8.08. The molecule has 0 unspecified atom stereocenters. The summed E-state index contributed by atoms with van der Waals surface area (Å²) in [5, 5.41) is 39.3. The van der Waals surface area contributed by atoms with E-state index in [1.165, 1.54) is 18.5 Å². The summed E-state index contributed by atoms with van der Waals surface area (Å²) in [6.45, 7) is 5.41. The highest BCUT2D eigenvalue weighted by Crippen LogP contribution is 2.24. The fourth-order valence-corrected chi connectivity index (χ4v) is 3.78. The number of anilines is 2. The van der Waals surface area contributed by atoms with Crippen molar-refractivity contribution in [3.63, 3.8) is 0 Å². The molecule has 0 radical (unpaired) electrons. The Morgan fingerprint density at radius 1 is 1.03 bits per heavy atom. The second kappa shape index (κ2) is 13.2. The number of aliphatic carboxylic acids is 3.